The first kappa shape index (κ1) is 52.0. The second kappa shape index (κ2) is 27.7. The number of amides is 1. The molecule has 1 amide bonds. The van der Waals surface area contributed by atoms with E-state index in [-0.39, 0.29) is 63.0 Å². The van der Waals surface area contributed by atoms with Crippen molar-refractivity contribution in [2.24, 2.45) is 0 Å². The summed E-state index contributed by atoms with van der Waals surface area (Å²) in [5.41, 5.74) is -1.94. The average molecular weight is 820 g/mol. The Balaban J connectivity index is 2.80. The van der Waals surface area contributed by atoms with Crippen molar-refractivity contribution >= 4 is 29.8 Å². The highest BCUT2D eigenvalue weighted by Gasteiger charge is 2.26. The maximum atomic E-state index is 13.1. The number of esters is 3. The zero-order valence-corrected chi connectivity index (χ0v) is 36.2. The van der Waals surface area contributed by atoms with E-state index < -0.39 is 22.8 Å². The third-order valence-electron chi connectivity index (χ3n) is 7.76. The molecule has 1 aliphatic rings. The van der Waals surface area contributed by atoms with Gasteiger partial charge in [0, 0.05) is 58.9 Å². The Labute approximate surface area is 340 Å². The summed E-state index contributed by atoms with van der Waals surface area (Å²) in [6.07, 6.45) is -0.0403. The number of hydrogen-bond acceptors (Lipinski definition) is 16. The van der Waals surface area contributed by atoms with Gasteiger partial charge >= 0.3 is 23.9 Å². The van der Waals surface area contributed by atoms with Crippen molar-refractivity contribution < 1.29 is 62.2 Å². The third kappa shape index (κ3) is 31.7. The lowest BCUT2D eigenvalue weighted by Crippen LogP contribution is -2.50. The first-order valence-corrected chi connectivity index (χ1v) is 19.9. The molecule has 1 saturated heterocycles. The highest BCUT2D eigenvalue weighted by Crippen LogP contribution is 2.11. The summed E-state index contributed by atoms with van der Waals surface area (Å²) in [5.74, 6) is -2.18. The minimum atomic E-state index is -0.903. The number of aliphatic carboxylic acids is 1. The van der Waals surface area contributed by atoms with Gasteiger partial charge in [-0.25, -0.2) is 0 Å². The van der Waals surface area contributed by atoms with Crippen LogP contribution in [0, 0.1) is 0 Å². The molecule has 0 spiro atoms. The Kier molecular flexibility index (Phi) is 25.3. The fourth-order valence-electron chi connectivity index (χ4n) is 5.32. The summed E-state index contributed by atoms with van der Waals surface area (Å²) in [4.78, 5) is 70.2. The van der Waals surface area contributed by atoms with E-state index in [4.69, 9.17) is 38.3 Å². The molecule has 0 atom stereocenters. The number of ether oxygens (including phenoxy) is 7. The fourth-order valence-corrected chi connectivity index (χ4v) is 5.32. The molecule has 0 bridgehead atoms. The highest BCUT2D eigenvalue weighted by molar-refractivity contribution is 5.78. The van der Waals surface area contributed by atoms with Crippen LogP contribution in [-0.2, 0) is 57.1 Å². The molecule has 1 heterocycles. The monoisotopic (exact) mass is 820 g/mol. The van der Waals surface area contributed by atoms with Crippen LogP contribution in [0.2, 0.25) is 0 Å². The molecule has 18 heteroatoms. The predicted molar refractivity (Wildman–Crippen MR) is 212 cm³/mol. The first-order chi connectivity index (χ1) is 26.6. The van der Waals surface area contributed by atoms with Crippen molar-refractivity contribution in [3.63, 3.8) is 0 Å². The molecule has 0 saturated carbocycles. The molecule has 0 aliphatic carbocycles. The smallest absolute Gasteiger partial charge is 0.320 e. The topological polar surface area (TPSA) is 195 Å². The van der Waals surface area contributed by atoms with E-state index in [0.717, 1.165) is 0 Å². The van der Waals surface area contributed by atoms with Gasteiger partial charge in [-0.15, -0.1) is 0 Å². The minimum absolute atomic E-state index is 0.0403. The number of carboxylic acid groups (broad SMARTS) is 1. The second-order valence-electron chi connectivity index (χ2n) is 16.8. The molecular formula is C39H73N5O13. The number of rotatable bonds is 23. The Bertz CT molecular complexity index is 1140. The van der Waals surface area contributed by atoms with Gasteiger partial charge in [-0.05, 0) is 62.3 Å². The van der Waals surface area contributed by atoms with Crippen LogP contribution in [0.25, 0.3) is 0 Å². The van der Waals surface area contributed by atoms with Crippen molar-refractivity contribution in [1.82, 2.24) is 24.9 Å². The Morgan fingerprint density at radius 3 is 1.04 bits per heavy atom. The molecule has 332 valence electrons. The Morgan fingerprint density at radius 1 is 0.456 bits per heavy atom. The van der Waals surface area contributed by atoms with Gasteiger partial charge in [-0.2, -0.15) is 0 Å². The van der Waals surface area contributed by atoms with Crippen LogP contribution in [0.1, 0.15) is 68.7 Å². The zero-order chi connectivity index (χ0) is 42.9. The lowest BCUT2D eigenvalue weighted by molar-refractivity contribution is -0.158. The predicted octanol–water partition coefficient (Wildman–Crippen LogP) is 0.890. The SMILES string of the molecule is CC(C)(C)OC(=O)CN1CCN(CC(=O)NCCOCCOCCOCCOCCC(=O)O)CCN(CC(=O)OC(C)(C)C)CCN(CC(=O)OC(C)(C)C)CC1. The van der Waals surface area contributed by atoms with Gasteiger partial charge in [0.2, 0.25) is 5.91 Å². The molecule has 18 nitrogen and oxygen atoms in total. The van der Waals surface area contributed by atoms with Gasteiger partial charge in [-0.3, -0.25) is 43.6 Å². The summed E-state index contributed by atoms with van der Waals surface area (Å²) < 4.78 is 38.4. The number of carboxylic acids is 1. The summed E-state index contributed by atoms with van der Waals surface area (Å²) in [7, 11) is 0. The van der Waals surface area contributed by atoms with E-state index in [1.165, 1.54) is 0 Å². The lowest BCUT2D eigenvalue weighted by atomic mass is 10.2. The van der Waals surface area contributed by atoms with Crippen LogP contribution < -0.4 is 5.32 Å². The molecule has 1 rings (SSSR count). The zero-order valence-electron chi connectivity index (χ0n) is 36.2. The van der Waals surface area contributed by atoms with Crippen LogP contribution in [0.5, 0.6) is 0 Å². The molecule has 2 N–H and O–H groups in total. The number of nitrogens with zero attached hydrogens (tertiary/aromatic N) is 4. The quantitative estimate of drug-likeness (QED) is 0.0838. The number of hydrogen-bond donors (Lipinski definition) is 2. The van der Waals surface area contributed by atoms with Crippen LogP contribution in [0.15, 0.2) is 0 Å². The molecule has 0 unspecified atom stereocenters. The molecule has 57 heavy (non-hydrogen) atoms. The minimum Gasteiger partial charge on any atom is -0.481 e. The van der Waals surface area contributed by atoms with Crippen molar-refractivity contribution in [3.05, 3.63) is 0 Å². The molecule has 0 aromatic rings. The summed E-state index contributed by atoms with van der Waals surface area (Å²) in [5, 5.41) is 11.5. The van der Waals surface area contributed by atoms with E-state index in [9.17, 15) is 24.0 Å². The van der Waals surface area contributed by atoms with Crippen LogP contribution >= 0.6 is 0 Å². The molecule has 0 aromatic carbocycles. The standard InChI is InChI=1S/C39H73N5O13/c1-37(2,3)55-34(48)29-42-14-12-41(28-32(45)40-11-21-52-23-25-54-27-26-53-24-22-51-20-10-33(46)47)13-15-43(30-35(49)56-38(4,5)6)17-19-44(18-16-42)31-36(50)57-39(7,8)9/h10-31H2,1-9H3,(H,40,45)(H,46,47). The Hall–Kier alpha value is -2.97. The van der Waals surface area contributed by atoms with Crippen molar-refractivity contribution in [2.75, 3.05) is 138 Å². The van der Waals surface area contributed by atoms with Crippen molar-refractivity contribution in [3.8, 4) is 0 Å². The van der Waals surface area contributed by atoms with Gasteiger partial charge in [0.15, 0.2) is 0 Å². The maximum absolute atomic E-state index is 13.1. The van der Waals surface area contributed by atoms with E-state index in [1.54, 1.807) is 0 Å². The summed E-state index contributed by atoms with van der Waals surface area (Å²) in [6, 6.07) is 0. The molecule has 0 aromatic heterocycles. The third-order valence-corrected chi connectivity index (χ3v) is 7.76. The lowest BCUT2D eigenvalue weighted by Gasteiger charge is -2.34. The Morgan fingerprint density at radius 2 is 0.737 bits per heavy atom. The van der Waals surface area contributed by atoms with Crippen LogP contribution in [0.3, 0.4) is 0 Å². The van der Waals surface area contributed by atoms with E-state index >= 15 is 0 Å². The molecular weight excluding hydrogens is 746 g/mol. The van der Waals surface area contributed by atoms with Crippen molar-refractivity contribution in [2.45, 2.75) is 85.5 Å². The normalized spacial score (nSPS) is 16.3. The molecule has 1 aliphatic heterocycles. The van der Waals surface area contributed by atoms with Gasteiger partial charge in [0.1, 0.15) is 16.8 Å². The van der Waals surface area contributed by atoms with Gasteiger partial charge in [-0.1, -0.05) is 0 Å². The number of nitrogens with one attached hydrogen (secondary N) is 1. The molecule has 1 fully saturated rings. The van der Waals surface area contributed by atoms with Crippen molar-refractivity contribution in [1.29, 1.82) is 0 Å². The van der Waals surface area contributed by atoms with Gasteiger partial charge in [0.05, 0.1) is 85.5 Å². The average Bonchev–Trinajstić information content (AvgIpc) is 3.04. The maximum Gasteiger partial charge on any atom is 0.320 e. The second-order valence-corrected chi connectivity index (χ2v) is 16.8. The van der Waals surface area contributed by atoms with Crippen LogP contribution in [0.4, 0.5) is 0 Å². The molecule has 0 radical (unpaired) electrons. The van der Waals surface area contributed by atoms with Gasteiger partial charge in [0.25, 0.3) is 0 Å². The van der Waals surface area contributed by atoms with E-state index in [0.29, 0.717) is 105 Å². The van der Waals surface area contributed by atoms with Gasteiger partial charge < -0.3 is 43.6 Å². The van der Waals surface area contributed by atoms with E-state index in [2.05, 4.69) is 5.32 Å². The fraction of sp³-hybridized carbons (Fsp3) is 0.872. The highest BCUT2D eigenvalue weighted by atomic mass is 16.6. The van der Waals surface area contributed by atoms with Crippen LogP contribution in [-0.4, -0.2) is 209 Å². The summed E-state index contributed by atoms with van der Waals surface area (Å²) in [6.45, 7) is 23.1. The summed E-state index contributed by atoms with van der Waals surface area (Å²) >= 11 is 0. The first-order valence-electron chi connectivity index (χ1n) is 19.9. The number of carbonyl (C=O) groups excluding carboxylic acids is 4. The van der Waals surface area contributed by atoms with E-state index in [1.807, 2.05) is 81.9 Å². The largest absolute Gasteiger partial charge is 0.481 e. The number of carbonyl (C=O) groups is 5.